The van der Waals surface area contributed by atoms with Crippen molar-refractivity contribution < 1.29 is 22.4 Å². The Morgan fingerprint density at radius 3 is 1.91 bits per heavy atom. The molecule has 4 aromatic carbocycles. The normalized spacial score (nSPS) is 12.2. The van der Waals surface area contributed by atoms with E-state index < -0.39 is 23.3 Å². The van der Waals surface area contributed by atoms with Crippen LogP contribution in [0, 0.1) is 23.3 Å². The third-order valence-electron chi connectivity index (χ3n) is 5.87. The van der Waals surface area contributed by atoms with E-state index in [-0.39, 0.29) is 23.5 Å². The zero-order valence-corrected chi connectivity index (χ0v) is 18.2. The summed E-state index contributed by atoms with van der Waals surface area (Å²) in [4.78, 5) is 14.4. The lowest BCUT2D eigenvalue weighted by Crippen LogP contribution is -2.03. The van der Waals surface area contributed by atoms with Crippen molar-refractivity contribution in [1.82, 2.24) is 4.98 Å². The highest BCUT2D eigenvalue weighted by atomic mass is 19.2. The first-order valence-corrected chi connectivity index (χ1v) is 10.8. The second-order valence-corrected chi connectivity index (χ2v) is 8.00. The maximum Gasteiger partial charge on any atom is 0.228 e. The molecule has 174 valence electrons. The quantitative estimate of drug-likeness (QED) is 0.260. The second kappa shape index (κ2) is 9.10. The Labute approximate surface area is 198 Å². The molecule has 0 spiro atoms. The minimum Gasteiger partial charge on any atom is -0.361 e. The van der Waals surface area contributed by atoms with Crippen molar-refractivity contribution in [3.8, 4) is 22.3 Å². The van der Waals surface area contributed by atoms with Gasteiger partial charge in [0.05, 0.1) is 6.42 Å². The number of halogens is 4. The first-order valence-electron chi connectivity index (χ1n) is 10.8. The molecule has 2 N–H and O–H groups in total. The number of carbonyl (C=O) groups is 1. The van der Waals surface area contributed by atoms with Gasteiger partial charge in [0, 0.05) is 33.9 Å². The van der Waals surface area contributed by atoms with Gasteiger partial charge in [0.15, 0.2) is 23.3 Å². The number of hydrogen-bond acceptors (Lipinski definition) is 1. The molecule has 0 radical (unpaired) electrons. The highest BCUT2D eigenvalue weighted by molar-refractivity contribution is 6.01. The maximum atomic E-state index is 13.8. The number of rotatable bonds is 2. The molecule has 0 saturated heterocycles. The van der Waals surface area contributed by atoms with Gasteiger partial charge in [-0.05, 0) is 47.0 Å². The minimum atomic E-state index is -0.887. The Morgan fingerprint density at radius 2 is 1.20 bits per heavy atom. The van der Waals surface area contributed by atoms with Crippen molar-refractivity contribution in [3.05, 3.63) is 114 Å². The van der Waals surface area contributed by atoms with Gasteiger partial charge in [0.25, 0.3) is 0 Å². The molecule has 5 aromatic rings. The van der Waals surface area contributed by atoms with Crippen molar-refractivity contribution in [2.24, 2.45) is 0 Å². The molecule has 0 atom stereocenters. The van der Waals surface area contributed by atoms with Crippen LogP contribution in [0.4, 0.5) is 23.2 Å². The molecule has 0 fully saturated rings. The fraction of sp³-hybridized carbons (Fsp3) is 0.0357. The van der Waals surface area contributed by atoms with Crippen LogP contribution in [0.25, 0.3) is 33.2 Å². The van der Waals surface area contributed by atoms with Crippen LogP contribution in [0.3, 0.4) is 0 Å². The molecule has 0 unspecified atom stereocenters. The summed E-state index contributed by atoms with van der Waals surface area (Å²) in [5, 5.41) is 3.57. The summed E-state index contributed by atoms with van der Waals surface area (Å²) < 4.78 is 54.0. The van der Waals surface area contributed by atoms with Gasteiger partial charge in [-0.25, -0.2) is 17.6 Å². The number of hydrogen-bond donors (Lipinski definition) is 2. The van der Waals surface area contributed by atoms with Gasteiger partial charge >= 0.3 is 0 Å². The molecule has 1 aliphatic heterocycles. The van der Waals surface area contributed by atoms with Crippen LogP contribution in [0.5, 0.6) is 0 Å². The first-order chi connectivity index (χ1) is 16.9. The van der Waals surface area contributed by atoms with Gasteiger partial charge in [-0.1, -0.05) is 48.5 Å². The summed E-state index contributed by atoms with van der Waals surface area (Å²) in [6.07, 6.45) is 1.98. The average Bonchev–Trinajstić information content (AvgIpc) is 3.49. The number of nitrogens with one attached hydrogen (secondary N) is 2. The van der Waals surface area contributed by atoms with E-state index in [0.717, 1.165) is 23.0 Å². The monoisotopic (exact) mass is 474 g/mol. The molecular weight excluding hydrogens is 456 g/mol. The van der Waals surface area contributed by atoms with Crippen LogP contribution in [-0.2, 0) is 11.2 Å². The van der Waals surface area contributed by atoms with Crippen LogP contribution in [-0.4, -0.2) is 10.9 Å². The van der Waals surface area contributed by atoms with E-state index in [1.165, 1.54) is 18.2 Å². The molecule has 1 aromatic heterocycles. The molecular formula is C28H18F4N2O. The third-order valence-corrected chi connectivity index (χ3v) is 5.87. The molecule has 3 nitrogen and oxygen atoms in total. The Morgan fingerprint density at radius 1 is 0.629 bits per heavy atom. The van der Waals surface area contributed by atoms with Gasteiger partial charge < -0.3 is 10.3 Å². The smallest absolute Gasteiger partial charge is 0.228 e. The summed E-state index contributed by atoms with van der Waals surface area (Å²) in [5.41, 5.74) is 4.02. The SMILES string of the molecule is Fc1cccc(-c2cccc3[nH]ccc23)c1F.O=C1Cc2c(cccc2-c2cccc(F)c2F)N1. The largest absolute Gasteiger partial charge is 0.361 e. The number of carbonyl (C=O) groups excluding carboxylic acids is 1. The molecule has 6 rings (SSSR count). The number of fused-ring (bicyclic) bond motifs is 2. The van der Waals surface area contributed by atoms with E-state index in [2.05, 4.69) is 10.3 Å². The number of amides is 1. The minimum absolute atomic E-state index is 0.130. The van der Waals surface area contributed by atoms with Crippen molar-refractivity contribution in [3.63, 3.8) is 0 Å². The number of benzene rings is 4. The van der Waals surface area contributed by atoms with Crippen molar-refractivity contribution in [1.29, 1.82) is 0 Å². The maximum absolute atomic E-state index is 13.8. The Hall–Kier alpha value is -4.39. The fourth-order valence-corrected chi connectivity index (χ4v) is 4.25. The zero-order valence-electron chi connectivity index (χ0n) is 18.2. The molecule has 1 amide bonds. The summed E-state index contributed by atoms with van der Waals surface area (Å²) in [6.45, 7) is 0. The van der Waals surface area contributed by atoms with E-state index in [9.17, 15) is 22.4 Å². The lowest BCUT2D eigenvalue weighted by molar-refractivity contribution is -0.115. The van der Waals surface area contributed by atoms with Crippen LogP contribution >= 0.6 is 0 Å². The Bertz CT molecular complexity index is 1580. The van der Waals surface area contributed by atoms with Gasteiger partial charge in [0.1, 0.15) is 0 Å². The van der Waals surface area contributed by atoms with E-state index in [0.29, 0.717) is 22.4 Å². The van der Waals surface area contributed by atoms with Gasteiger partial charge in [-0.15, -0.1) is 0 Å². The lowest BCUT2D eigenvalue weighted by Gasteiger charge is -2.08. The van der Waals surface area contributed by atoms with Gasteiger partial charge in [0.2, 0.25) is 5.91 Å². The number of aromatic nitrogens is 1. The predicted molar refractivity (Wildman–Crippen MR) is 128 cm³/mol. The Balaban J connectivity index is 0.000000145. The van der Waals surface area contributed by atoms with Gasteiger partial charge in [-0.3, -0.25) is 4.79 Å². The van der Waals surface area contributed by atoms with Crippen LogP contribution in [0.1, 0.15) is 5.56 Å². The average molecular weight is 474 g/mol. The van der Waals surface area contributed by atoms with E-state index in [4.69, 9.17) is 0 Å². The first kappa shape index (κ1) is 22.4. The van der Waals surface area contributed by atoms with Crippen LogP contribution in [0.2, 0.25) is 0 Å². The molecule has 0 saturated carbocycles. The predicted octanol–water partition coefficient (Wildman–Crippen LogP) is 7.24. The molecule has 35 heavy (non-hydrogen) atoms. The zero-order chi connectivity index (χ0) is 24.5. The molecule has 0 aliphatic carbocycles. The van der Waals surface area contributed by atoms with Crippen molar-refractivity contribution in [2.75, 3.05) is 5.32 Å². The van der Waals surface area contributed by atoms with Gasteiger partial charge in [-0.2, -0.15) is 0 Å². The third kappa shape index (κ3) is 4.17. The van der Waals surface area contributed by atoms with E-state index >= 15 is 0 Å². The number of aromatic amines is 1. The standard InChI is InChI=1S/C14H9F2NO.C14H9F2N/c15-11-5-1-4-9(14(11)16)8-3-2-6-12-10(8)7-13(18)17-12;15-12-5-1-4-11(14(12)16)9-3-2-6-13-10(9)7-8-17-13/h1-6H,7H2,(H,17,18);1-8,17H. The molecule has 1 aliphatic rings. The van der Waals surface area contributed by atoms with E-state index in [1.54, 1.807) is 36.5 Å². The number of H-pyrrole nitrogens is 1. The topological polar surface area (TPSA) is 44.9 Å². The lowest BCUT2D eigenvalue weighted by atomic mass is 9.97. The second-order valence-electron chi connectivity index (χ2n) is 8.00. The summed E-state index contributed by atoms with van der Waals surface area (Å²) >= 11 is 0. The highest BCUT2D eigenvalue weighted by Crippen LogP contribution is 2.35. The molecule has 7 heteroatoms. The summed E-state index contributed by atoms with van der Waals surface area (Å²) in [6, 6.07) is 20.8. The molecule has 0 bridgehead atoms. The summed E-state index contributed by atoms with van der Waals surface area (Å²) in [7, 11) is 0. The summed E-state index contributed by atoms with van der Waals surface area (Å²) in [5.74, 6) is -3.53. The van der Waals surface area contributed by atoms with Crippen molar-refractivity contribution in [2.45, 2.75) is 6.42 Å². The molecule has 2 heterocycles. The fourth-order valence-electron chi connectivity index (χ4n) is 4.25. The number of anilines is 1. The van der Waals surface area contributed by atoms with Crippen LogP contribution in [0.15, 0.2) is 85.1 Å². The van der Waals surface area contributed by atoms with E-state index in [1.807, 2.05) is 18.2 Å². The Kier molecular flexibility index (Phi) is 5.82. The van der Waals surface area contributed by atoms with Crippen LogP contribution < -0.4 is 5.32 Å². The highest BCUT2D eigenvalue weighted by Gasteiger charge is 2.23. The van der Waals surface area contributed by atoms with Crippen molar-refractivity contribution >= 4 is 22.5 Å².